The Balaban J connectivity index is 1.25. The molecule has 0 bridgehead atoms. The molecular formula is C52H35N5. The van der Waals surface area contributed by atoms with E-state index in [0.29, 0.717) is 17.5 Å². The van der Waals surface area contributed by atoms with Crippen molar-refractivity contribution >= 4 is 43.6 Å². The van der Waals surface area contributed by atoms with Crippen molar-refractivity contribution in [2.75, 3.05) is 0 Å². The number of aromatic nitrogens is 5. The predicted molar refractivity (Wildman–Crippen MR) is 235 cm³/mol. The van der Waals surface area contributed by atoms with Crippen molar-refractivity contribution in [2.24, 2.45) is 0 Å². The third-order valence-corrected chi connectivity index (χ3v) is 11.0. The minimum atomic E-state index is 0.605. The molecule has 0 aliphatic carbocycles. The molecule has 268 valence electrons. The molecule has 0 unspecified atom stereocenters. The molecule has 0 saturated heterocycles. The molecule has 3 heterocycles. The van der Waals surface area contributed by atoms with Gasteiger partial charge in [0.1, 0.15) is 0 Å². The Kier molecular flexibility index (Phi) is 7.64. The fourth-order valence-electron chi connectivity index (χ4n) is 8.44. The van der Waals surface area contributed by atoms with E-state index >= 15 is 0 Å². The number of nitrogens with zero attached hydrogens (tertiary/aromatic N) is 5. The Morgan fingerprint density at radius 1 is 0.351 bits per heavy atom. The number of fused-ring (bicyclic) bond motifs is 6. The van der Waals surface area contributed by atoms with E-state index in [1.54, 1.807) is 0 Å². The third-order valence-electron chi connectivity index (χ3n) is 11.0. The van der Waals surface area contributed by atoms with E-state index in [1.165, 1.54) is 32.6 Å². The first-order valence-electron chi connectivity index (χ1n) is 19.3. The molecule has 0 fully saturated rings. The van der Waals surface area contributed by atoms with Crippen LogP contribution in [0.3, 0.4) is 0 Å². The topological polar surface area (TPSA) is 48.5 Å². The Labute approximate surface area is 329 Å². The van der Waals surface area contributed by atoms with Crippen LogP contribution in [0.1, 0.15) is 5.56 Å². The highest BCUT2D eigenvalue weighted by Gasteiger charge is 2.22. The van der Waals surface area contributed by atoms with E-state index in [-0.39, 0.29) is 0 Å². The molecular weight excluding hydrogens is 695 g/mol. The number of aryl methyl sites for hydroxylation is 1. The van der Waals surface area contributed by atoms with E-state index in [4.69, 9.17) is 15.0 Å². The highest BCUT2D eigenvalue weighted by molar-refractivity contribution is 6.14. The van der Waals surface area contributed by atoms with Gasteiger partial charge in [0.05, 0.1) is 27.8 Å². The molecule has 0 amide bonds. The Morgan fingerprint density at radius 2 is 0.895 bits per heavy atom. The maximum atomic E-state index is 5.30. The lowest BCUT2D eigenvalue weighted by molar-refractivity contribution is 1.06. The summed E-state index contributed by atoms with van der Waals surface area (Å²) in [6, 6.07) is 68.5. The monoisotopic (exact) mass is 729 g/mol. The summed E-state index contributed by atoms with van der Waals surface area (Å²) < 4.78 is 4.78. The second kappa shape index (κ2) is 13.3. The van der Waals surface area contributed by atoms with Gasteiger partial charge in [-0.2, -0.15) is 0 Å². The zero-order chi connectivity index (χ0) is 37.9. The minimum Gasteiger partial charge on any atom is -0.309 e. The van der Waals surface area contributed by atoms with Crippen molar-refractivity contribution < 1.29 is 0 Å². The van der Waals surface area contributed by atoms with E-state index in [0.717, 1.165) is 55.7 Å². The van der Waals surface area contributed by atoms with Gasteiger partial charge in [0.15, 0.2) is 17.5 Å². The normalized spacial score (nSPS) is 11.6. The highest BCUT2D eigenvalue weighted by atomic mass is 15.1. The lowest BCUT2D eigenvalue weighted by atomic mass is 9.98. The second-order valence-corrected chi connectivity index (χ2v) is 14.5. The molecule has 3 aromatic heterocycles. The summed E-state index contributed by atoms with van der Waals surface area (Å²) in [4.78, 5) is 15.7. The molecule has 11 aromatic rings. The number of rotatable bonds is 6. The van der Waals surface area contributed by atoms with Crippen LogP contribution in [0.15, 0.2) is 194 Å². The largest absolute Gasteiger partial charge is 0.309 e. The van der Waals surface area contributed by atoms with Gasteiger partial charge in [0.2, 0.25) is 0 Å². The van der Waals surface area contributed by atoms with Crippen LogP contribution in [-0.2, 0) is 0 Å². The van der Waals surface area contributed by atoms with Gasteiger partial charge in [-0.25, -0.2) is 15.0 Å². The van der Waals surface area contributed by atoms with Gasteiger partial charge in [0, 0.05) is 49.5 Å². The van der Waals surface area contributed by atoms with E-state index in [1.807, 2.05) is 36.4 Å². The summed E-state index contributed by atoms with van der Waals surface area (Å²) in [5.41, 5.74) is 12.9. The van der Waals surface area contributed by atoms with Crippen molar-refractivity contribution in [1.82, 2.24) is 24.1 Å². The number of hydrogen-bond acceptors (Lipinski definition) is 3. The van der Waals surface area contributed by atoms with Crippen molar-refractivity contribution in [3.05, 3.63) is 200 Å². The number of para-hydroxylation sites is 4. The van der Waals surface area contributed by atoms with Gasteiger partial charge in [-0.05, 0) is 60.5 Å². The smallest absolute Gasteiger partial charge is 0.166 e. The van der Waals surface area contributed by atoms with E-state index in [9.17, 15) is 0 Å². The molecule has 11 rings (SSSR count). The summed E-state index contributed by atoms with van der Waals surface area (Å²) >= 11 is 0. The van der Waals surface area contributed by atoms with Gasteiger partial charge in [-0.1, -0.05) is 152 Å². The van der Waals surface area contributed by atoms with Crippen LogP contribution in [0.2, 0.25) is 0 Å². The fraction of sp³-hybridized carbons (Fsp3) is 0.0192. The minimum absolute atomic E-state index is 0.605. The molecule has 0 spiro atoms. The molecule has 5 heteroatoms. The maximum absolute atomic E-state index is 5.30. The van der Waals surface area contributed by atoms with E-state index < -0.39 is 0 Å². The molecule has 0 atom stereocenters. The Hall–Kier alpha value is -7.63. The van der Waals surface area contributed by atoms with Crippen molar-refractivity contribution in [3.8, 4) is 56.7 Å². The first-order valence-corrected chi connectivity index (χ1v) is 19.3. The average molecular weight is 730 g/mol. The van der Waals surface area contributed by atoms with Crippen molar-refractivity contribution in [3.63, 3.8) is 0 Å². The third kappa shape index (κ3) is 5.43. The molecule has 0 saturated carbocycles. The molecule has 57 heavy (non-hydrogen) atoms. The van der Waals surface area contributed by atoms with Crippen molar-refractivity contribution in [2.45, 2.75) is 6.92 Å². The fourth-order valence-corrected chi connectivity index (χ4v) is 8.44. The quantitative estimate of drug-likeness (QED) is 0.171. The molecule has 0 N–H and O–H groups in total. The maximum Gasteiger partial charge on any atom is 0.166 e. The molecule has 0 aliphatic heterocycles. The zero-order valence-electron chi connectivity index (χ0n) is 31.2. The summed E-state index contributed by atoms with van der Waals surface area (Å²) in [6.45, 7) is 2.15. The molecule has 8 aromatic carbocycles. The number of benzene rings is 8. The lowest BCUT2D eigenvalue weighted by Gasteiger charge is -2.17. The standard InChI is InChI=1S/C52H35N5/c1-34-28-30-42-40-22-11-14-27-46(40)57(48(42)32-34)47-31-29-37(39-24-15-25-43-41-23-12-13-26-45(41)56(49(39)43)38-20-9-4-10-21-38)33-44(47)52-54-50(35-16-5-2-6-17-35)53-51(55-52)36-18-7-3-8-19-36/h2-33H,1H3. The first kappa shape index (κ1) is 32.8. The molecule has 0 radical (unpaired) electrons. The second-order valence-electron chi connectivity index (χ2n) is 14.5. The Bertz CT molecular complexity index is 3230. The summed E-state index contributed by atoms with van der Waals surface area (Å²) in [6.07, 6.45) is 0. The Morgan fingerprint density at radius 3 is 1.58 bits per heavy atom. The predicted octanol–water partition coefficient (Wildman–Crippen LogP) is 13.0. The van der Waals surface area contributed by atoms with Gasteiger partial charge >= 0.3 is 0 Å². The van der Waals surface area contributed by atoms with Crippen LogP contribution < -0.4 is 0 Å². The van der Waals surface area contributed by atoms with Gasteiger partial charge < -0.3 is 9.13 Å². The van der Waals surface area contributed by atoms with Crippen molar-refractivity contribution in [1.29, 1.82) is 0 Å². The SMILES string of the molecule is Cc1ccc2c3ccccc3n(-c3ccc(-c4cccc5c6ccccc6n(-c6ccccc6)c45)cc3-c3nc(-c4ccccc4)nc(-c4ccccc4)n3)c2c1. The zero-order valence-corrected chi connectivity index (χ0v) is 31.2. The first-order chi connectivity index (χ1) is 28.2. The molecule has 0 aliphatic rings. The van der Waals surface area contributed by atoms with Crippen LogP contribution in [-0.4, -0.2) is 24.1 Å². The van der Waals surface area contributed by atoms with Crippen LogP contribution >= 0.6 is 0 Å². The van der Waals surface area contributed by atoms with Crippen LogP contribution in [0.4, 0.5) is 0 Å². The van der Waals surface area contributed by atoms with Gasteiger partial charge in [-0.15, -0.1) is 0 Å². The van der Waals surface area contributed by atoms with Crippen LogP contribution in [0.5, 0.6) is 0 Å². The summed E-state index contributed by atoms with van der Waals surface area (Å²) in [5.74, 6) is 1.86. The van der Waals surface area contributed by atoms with Crippen LogP contribution in [0.25, 0.3) is 100 Å². The van der Waals surface area contributed by atoms with E-state index in [2.05, 4.69) is 174 Å². The lowest BCUT2D eigenvalue weighted by Crippen LogP contribution is -2.04. The van der Waals surface area contributed by atoms with Gasteiger partial charge in [-0.3, -0.25) is 0 Å². The number of hydrogen-bond donors (Lipinski definition) is 0. The summed E-state index contributed by atoms with van der Waals surface area (Å²) in [5, 5.41) is 4.82. The average Bonchev–Trinajstić information content (AvgIpc) is 3.79. The summed E-state index contributed by atoms with van der Waals surface area (Å²) in [7, 11) is 0. The van der Waals surface area contributed by atoms with Crippen LogP contribution in [0, 0.1) is 6.92 Å². The van der Waals surface area contributed by atoms with Gasteiger partial charge in [0.25, 0.3) is 0 Å². The molecule has 5 nitrogen and oxygen atoms in total. The highest BCUT2D eigenvalue weighted by Crippen LogP contribution is 2.42.